The highest BCUT2D eigenvalue weighted by atomic mass is 35.5. The number of barbiturate groups is 1. The fourth-order valence-electron chi connectivity index (χ4n) is 4.07. The van der Waals surface area contributed by atoms with Gasteiger partial charge in [0, 0.05) is 10.6 Å². The molecule has 0 unspecified atom stereocenters. The number of carbonyl (C=O) groups excluding carboxylic acids is 3. The summed E-state index contributed by atoms with van der Waals surface area (Å²) in [4.78, 5) is 39.3. The van der Waals surface area contributed by atoms with Crippen LogP contribution in [-0.4, -0.2) is 17.8 Å². The van der Waals surface area contributed by atoms with E-state index in [4.69, 9.17) is 16.3 Å². The maximum atomic E-state index is 13.3. The highest BCUT2D eigenvalue weighted by Gasteiger charge is 2.37. The number of carbonyl (C=O) groups is 3. The van der Waals surface area contributed by atoms with Crippen LogP contribution in [0.15, 0.2) is 90.5 Å². The van der Waals surface area contributed by atoms with Gasteiger partial charge in [0.25, 0.3) is 11.8 Å². The third-order valence-electron chi connectivity index (χ3n) is 6.00. The van der Waals surface area contributed by atoms with Gasteiger partial charge in [-0.3, -0.25) is 14.9 Å². The summed E-state index contributed by atoms with van der Waals surface area (Å²) < 4.78 is 6.12. The molecular formula is C29H21ClN2O4. The van der Waals surface area contributed by atoms with Crippen molar-refractivity contribution in [3.63, 3.8) is 0 Å². The lowest BCUT2D eigenvalue weighted by Gasteiger charge is -2.26. The van der Waals surface area contributed by atoms with E-state index in [-0.39, 0.29) is 11.3 Å². The fraction of sp³-hybridized carbons (Fsp3) is 0.0690. The monoisotopic (exact) mass is 496 g/mol. The average molecular weight is 497 g/mol. The largest absolute Gasteiger partial charge is 0.488 e. The lowest BCUT2D eigenvalue weighted by Crippen LogP contribution is -2.54. The molecule has 0 bridgehead atoms. The van der Waals surface area contributed by atoms with Gasteiger partial charge in [-0.25, -0.2) is 9.69 Å². The Morgan fingerprint density at radius 3 is 2.50 bits per heavy atom. The zero-order chi connectivity index (χ0) is 25.2. The summed E-state index contributed by atoms with van der Waals surface area (Å²) in [5.41, 5.74) is 2.43. The second-order valence-electron chi connectivity index (χ2n) is 8.36. The minimum atomic E-state index is -0.831. The number of aryl methyl sites for hydroxylation is 1. The molecular weight excluding hydrogens is 476 g/mol. The Hall–Kier alpha value is -4.42. The van der Waals surface area contributed by atoms with E-state index in [1.165, 1.54) is 12.1 Å². The molecule has 7 heteroatoms. The van der Waals surface area contributed by atoms with E-state index in [9.17, 15) is 14.4 Å². The summed E-state index contributed by atoms with van der Waals surface area (Å²) in [6.07, 6.45) is 1.44. The first-order valence-electron chi connectivity index (χ1n) is 11.3. The second kappa shape index (κ2) is 9.68. The summed E-state index contributed by atoms with van der Waals surface area (Å²) in [7, 11) is 0. The molecule has 5 rings (SSSR count). The van der Waals surface area contributed by atoms with Crippen molar-refractivity contribution < 1.29 is 19.1 Å². The van der Waals surface area contributed by atoms with Crippen molar-refractivity contribution in [2.24, 2.45) is 0 Å². The van der Waals surface area contributed by atoms with Crippen molar-refractivity contribution in [2.75, 3.05) is 4.90 Å². The van der Waals surface area contributed by atoms with Crippen LogP contribution in [0.2, 0.25) is 5.02 Å². The van der Waals surface area contributed by atoms with Crippen LogP contribution < -0.4 is 15.0 Å². The third-order valence-corrected chi connectivity index (χ3v) is 6.40. The number of rotatable bonds is 5. The van der Waals surface area contributed by atoms with Crippen LogP contribution >= 0.6 is 11.6 Å². The number of fused-ring (bicyclic) bond motifs is 1. The number of hydrogen-bond donors (Lipinski definition) is 1. The van der Waals surface area contributed by atoms with Crippen molar-refractivity contribution in [1.29, 1.82) is 0 Å². The number of para-hydroxylation sites is 1. The van der Waals surface area contributed by atoms with Crippen molar-refractivity contribution in [3.8, 4) is 5.75 Å². The lowest BCUT2D eigenvalue weighted by atomic mass is 10.0. The topological polar surface area (TPSA) is 75.7 Å². The predicted molar refractivity (Wildman–Crippen MR) is 140 cm³/mol. The van der Waals surface area contributed by atoms with E-state index in [1.54, 1.807) is 30.3 Å². The Bertz CT molecular complexity index is 1550. The summed E-state index contributed by atoms with van der Waals surface area (Å²) in [6.45, 7) is 2.11. The van der Waals surface area contributed by atoms with E-state index in [0.717, 1.165) is 26.8 Å². The Labute approximate surface area is 212 Å². The molecule has 1 N–H and O–H groups in total. The first kappa shape index (κ1) is 23.3. The molecule has 1 heterocycles. The number of nitrogens with one attached hydrogen (secondary N) is 1. The van der Waals surface area contributed by atoms with Crippen molar-refractivity contribution in [1.82, 2.24) is 5.32 Å². The minimum absolute atomic E-state index is 0.187. The van der Waals surface area contributed by atoms with Gasteiger partial charge in [-0.05, 0) is 53.1 Å². The number of benzene rings is 4. The van der Waals surface area contributed by atoms with Gasteiger partial charge in [-0.1, -0.05) is 78.3 Å². The molecule has 0 spiro atoms. The van der Waals surface area contributed by atoms with Crippen molar-refractivity contribution in [3.05, 3.63) is 112 Å². The number of imide groups is 2. The molecule has 4 amide bonds. The Morgan fingerprint density at radius 1 is 0.917 bits per heavy atom. The zero-order valence-corrected chi connectivity index (χ0v) is 20.1. The maximum Gasteiger partial charge on any atom is 0.335 e. The van der Waals surface area contributed by atoms with Gasteiger partial charge in [-0.15, -0.1) is 0 Å². The number of urea groups is 1. The highest BCUT2D eigenvalue weighted by molar-refractivity contribution is 6.39. The normalized spacial score (nSPS) is 14.9. The summed E-state index contributed by atoms with van der Waals surface area (Å²) in [5.74, 6) is -1.02. The number of nitrogens with zero attached hydrogens (tertiary/aromatic N) is 1. The van der Waals surface area contributed by atoms with E-state index in [0.29, 0.717) is 22.9 Å². The predicted octanol–water partition coefficient (Wildman–Crippen LogP) is 6.05. The van der Waals surface area contributed by atoms with Crippen LogP contribution in [0.1, 0.15) is 16.7 Å². The number of halogens is 1. The van der Waals surface area contributed by atoms with Crippen LogP contribution in [0, 0.1) is 6.92 Å². The van der Waals surface area contributed by atoms with Crippen LogP contribution in [-0.2, 0) is 16.2 Å². The first-order valence-corrected chi connectivity index (χ1v) is 11.7. The van der Waals surface area contributed by atoms with Gasteiger partial charge in [0.1, 0.15) is 17.9 Å². The summed E-state index contributed by atoms with van der Waals surface area (Å²) in [5, 5.41) is 4.84. The van der Waals surface area contributed by atoms with Crippen molar-refractivity contribution >= 4 is 52.0 Å². The summed E-state index contributed by atoms with van der Waals surface area (Å²) in [6, 6.07) is 25.2. The fourth-order valence-corrected chi connectivity index (χ4v) is 4.25. The summed E-state index contributed by atoms with van der Waals surface area (Å²) >= 11 is 6.20. The van der Waals surface area contributed by atoms with Crippen LogP contribution in [0.5, 0.6) is 5.75 Å². The standard InChI is InChI=1S/C29H21ClN2O4/c1-18-13-14-22(16-25(18)30)32-28(34)24(27(33)31-29(32)35)15-20-8-3-5-12-26(20)36-17-21-10-6-9-19-7-2-4-11-23(19)21/h2-16H,17H2,1H3,(H,31,33,35)/b24-15-. The van der Waals surface area contributed by atoms with Gasteiger partial charge in [-0.2, -0.15) is 0 Å². The molecule has 0 aromatic heterocycles. The molecule has 1 aliphatic heterocycles. The number of amides is 4. The molecule has 1 saturated heterocycles. The van der Waals surface area contributed by atoms with E-state index < -0.39 is 17.8 Å². The number of hydrogen-bond acceptors (Lipinski definition) is 4. The molecule has 0 atom stereocenters. The third kappa shape index (κ3) is 4.46. The Kier molecular flexibility index (Phi) is 6.27. The van der Waals surface area contributed by atoms with Gasteiger partial charge < -0.3 is 4.74 Å². The molecule has 0 aliphatic carbocycles. The van der Waals surface area contributed by atoms with E-state index >= 15 is 0 Å². The maximum absolute atomic E-state index is 13.3. The SMILES string of the molecule is Cc1ccc(N2C(=O)NC(=O)/C(=C/c3ccccc3OCc3cccc4ccccc34)C2=O)cc1Cl. The Balaban J connectivity index is 1.46. The highest BCUT2D eigenvalue weighted by Crippen LogP contribution is 2.29. The molecule has 178 valence electrons. The second-order valence-corrected chi connectivity index (χ2v) is 8.76. The molecule has 0 saturated carbocycles. The Morgan fingerprint density at radius 2 is 1.67 bits per heavy atom. The smallest absolute Gasteiger partial charge is 0.335 e. The molecule has 1 aliphatic rings. The first-order chi connectivity index (χ1) is 17.4. The number of anilines is 1. The molecule has 36 heavy (non-hydrogen) atoms. The van der Waals surface area contributed by atoms with Crippen LogP contribution in [0.3, 0.4) is 0 Å². The molecule has 0 radical (unpaired) electrons. The number of ether oxygens (including phenoxy) is 1. The molecule has 6 nitrogen and oxygen atoms in total. The quantitative estimate of drug-likeness (QED) is 0.270. The van der Waals surface area contributed by atoms with Crippen molar-refractivity contribution in [2.45, 2.75) is 13.5 Å². The molecule has 4 aromatic carbocycles. The van der Waals surface area contributed by atoms with Crippen LogP contribution in [0.4, 0.5) is 10.5 Å². The van der Waals surface area contributed by atoms with Gasteiger partial charge in [0.05, 0.1) is 5.69 Å². The lowest BCUT2D eigenvalue weighted by molar-refractivity contribution is -0.122. The average Bonchev–Trinajstić information content (AvgIpc) is 2.88. The molecule has 1 fully saturated rings. The van der Waals surface area contributed by atoms with E-state index in [1.807, 2.05) is 55.5 Å². The zero-order valence-electron chi connectivity index (χ0n) is 19.3. The van der Waals surface area contributed by atoms with Gasteiger partial charge in [0.2, 0.25) is 0 Å². The van der Waals surface area contributed by atoms with E-state index in [2.05, 4.69) is 5.32 Å². The van der Waals surface area contributed by atoms with Crippen LogP contribution in [0.25, 0.3) is 16.8 Å². The van der Waals surface area contributed by atoms with Gasteiger partial charge >= 0.3 is 6.03 Å². The minimum Gasteiger partial charge on any atom is -0.488 e. The van der Waals surface area contributed by atoms with Gasteiger partial charge in [0.15, 0.2) is 0 Å². The molecule has 4 aromatic rings.